The molecule has 0 atom stereocenters. The molecule has 3 nitrogen and oxygen atoms in total. The molecule has 0 aliphatic rings. The Morgan fingerprint density at radius 2 is 2.00 bits per heavy atom. The normalized spacial score (nSPS) is 10.6. The number of hydrogen-bond acceptors (Lipinski definition) is 3. The fourth-order valence-corrected chi connectivity index (χ4v) is 1.60. The van der Waals surface area contributed by atoms with Gasteiger partial charge >= 0.3 is 5.97 Å². The third-order valence-electron chi connectivity index (χ3n) is 2.40. The van der Waals surface area contributed by atoms with Gasteiger partial charge in [-0.1, -0.05) is 23.7 Å². The van der Waals surface area contributed by atoms with Crippen molar-refractivity contribution in [3.8, 4) is 0 Å². The van der Waals surface area contributed by atoms with Crippen LogP contribution in [0, 0.1) is 0 Å². The van der Waals surface area contributed by atoms with Crippen molar-refractivity contribution in [2.24, 2.45) is 0 Å². The van der Waals surface area contributed by atoms with E-state index in [2.05, 4.69) is 0 Å². The van der Waals surface area contributed by atoms with Gasteiger partial charge in [-0.3, -0.25) is 9.69 Å². The number of halogens is 1. The van der Waals surface area contributed by atoms with Gasteiger partial charge in [-0.05, 0) is 38.1 Å². The summed E-state index contributed by atoms with van der Waals surface area (Å²) in [4.78, 5) is 13.2. The average Bonchev–Trinajstić information content (AvgIpc) is 2.28. The Hall–Kier alpha value is -1.06. The van der Waals surface area contributed by atoms with Crippen molar-refractivity contribution < 1.29 is 9.53 Å². The van der Waals surface area contributed by atoms with Gasteiger partial charge in [0.15, 0.2) is 0 Å². The first-order valence-electron chi connectivity index (χ1n) is 5.70. The van der Waals surface area contributed by atoms with Gasteiger partial charge in [0.05, 0.1) is 13.2 Å². The fourth-order valence-electron chi connectivity index (χ4n) is 1.48. The lowest BCUT2D eigenvalue weighted by Crippen LogP contribution is -2.29. The number of nitrogens with zero attached hydrogens (tertiary/aromatic N) is 1. The van der Waals surface area contributed by atoms with Gasteiger partial charge in [0.1, 0.15) is 0 Å². The average molecular weight is 256 g/mol. The second-order valence-corrected chi connectivity index (χ2v) is 4.36. The van der Waals surface area contributed by atoms with Gasteiger partial charge in [0.2, 0.25) is 0 Å². The van der Waals surface area contributed by atoms with Crippen molar-refractivity contribution in [3.63, 3.8) is 0 Å². The zero-order chi connectivity index (χ0) is 12.7. The van der Waals surface area contributed by atoms with Gasteiger partial charge < -0.3 is 4.74 Å². The van der Waals surface area contributed by atoms with Crippen LogP contribution in [0.2, 0.25) is 5.02 Å². The maximum absolute atomic E-state index is 11.2. The van der Waals surface area contributed by atoms with Gasteiger partial charge in [0, 0.05) is 11.6 Å². The van der Waals surface area contributed by atoms with Crippen LogP contribution in [0.5, 0.6) is 0 Å². The number of likely N-dealkylation sites (N-methyl/N-ethyl adjacent to an activating group) is 1. The van der Waals surface area contributed by atoms with E-state index in [1.165, 1.54) is 5.56 Å². The molecule has 1 aromatic carbocycles. The van der Waals surface area contributed by atoms with Crippen LogP contribution < -0.4 is 0 Å². The topological polar surface area (TPSA) is 29.5 Å². The Balaban J connectivity index is 2.30. The van der Waals surface area contributed by atoms with E-state index >= 15 is 0 Å². The van der Waals surface area contributed by atoms with E-state index in [1.54, 1.807) is 0 Å². The summed E-state index contributed by atoms with van der Waals surface area (Å²) in [6.07, 6.45) is 0.896. The highest BCUT2D eigenvalue weighted by Crippen LogP contribution is 2.10. The molecule has 1 aromatic rings. The molecule has 0 N–H and O–H groups in total. The van der Waals surface area contributed by atoms with E-state index in [9.17, 15) is 4.79 Å². The number of esters is 1. The molecule has 0 radical (unpaired) electrons. The van der Waals surface area contributed by atoms with Crippen LogP contribution in [0.25, 0.3) is 0 Å². The van der Waals surface area contributed by atoms with Crippen molar-refractivity contribution in [3.05, 3.63) is 34.9 Å². The highest BCUT2D eigenvalue weighted by atomic mass is 35.5. The summed E-state index contributed by atoms with van der Waals surface area (Å²) in [6.45, 7) is 3.40. The zero-order valence-electron chi connectivity index (χ0n) is 10.3. The number of ether oxygens (including phenoxy) is 1. The largest absolute Gasteiger partial charge is 0.465 e. The highest BCUT2D eigenvalue weighted by molar-refractivity contribution is 6.30. The second kappa shape index (κ2) is 7.30. The maximum Gasteiger partial charge on any atom is 0.320 e. The fraction of sp³-hybridized carbons (Fsp3) is 0.462. The molecule has 0 bridgehead atoms. The Labute approximate surface area is 107 Å². The van der Waals surface area contributed by atoms with E-state index < -0.39 is 0 Å². The van der Waals surface area contributed by atoms with Crippen LogP contribution in [-0.4, -0.2) is 37.6 Å². The van der Waals surface area contributed by atoms with E-state index in [0.29, 0.717) is 13.2 Å². The zero-order valence-corrected chi connectivity index (χ0v) is 11.0. The number of rotatable bonds is 6. The molecule has 0 aliphatic carbocycles. The molecule has 1 rings (SSSR count). The Morgan fingerprint density at radius 1 is 1.35 bits per heavy atom. The molecule has 94 valence electrons. The first-order chi connectivity index (χ1) is 8.11. The summed E-state index contributed by atoms with van der Waals surface area (Å²) in [5, 5.41) is 0.744. The predicted octanol–water partition coefficient (Wildman–Crippen LogP) is 2.38. The third kappa shape index (κ3) is 5.71. The van der Waals surface area contributed by atoms with E-state index in [4.69, 9.17) is 16.3 Å². The molecule has 0 fully saturated rings. The van der Waals surface area contributed by atoms with Crippen LogP contribution in [0.3, 0.4) is 0 Å². The van der Waals surface area contributed by atoms with Crippen LogP contribution in [0.4, 0.5) is 0 Å². The van der Waals surface area contributed by atoms with Gasteiger partial charge in [-0.15, -0.1) is 0 Å². The molecule has 0 spiro atoms. The van der Waals surface area contributed by atoms with Crippen molar-refractivity contribution in [1.29, 1.82) is 0 Å². The number of carbonyl (C=O) groups is 1. The standard InChI is InChI=1S/C13H18ClNO2/c1-3-17-13(16)10-15(2)9-8-11-4-6-12(14)7-5-11/h4-7H,3,8-10H2,1-2H3. The smallest absolute Gasteiger partial charge is 0.320 e. The van der Waals surface area contributed by atoms with E-state index in [1.807, 2.05) is 43.1 Å². The van der Waals surface area contributed by atoms with Crippen molar-refractivity contribution in [2.75, 3.05) is 26.7 Å². The molecule has 17 heavy (non-hydrogen) atoms. The minimum Gasteiger partial charge on any atom is -0.465 e. The molecule has 0 heterocycles. The number of hydrogen-bond donors (Lipinski definition) is 0. The minimum absolute atomic E-state index is 0.175. The predicted molar refractivity (Wildman–Crippen MR) is 69.3 cm³/mol. The number of benzene rings is 1. The lowest BCUT2D eigenvalue weighted by atomic mass is 10.1. The number of carbonyl (C=O) groups excluding carboxylic acids is 1. The SMILES string of the molecule is CCOC(=O)CN(C)CCc1ccc(Cl)cc1. The van der Waals surface area contributed by atoms with Crippen LogP contribution in [0.15, 0.2) is 24.3 Å². The molecular formula is C13H18ClNO2. The summed E-state index contributed by atoms with van der Waals surface area (Å²) in [7, 11) is 1.91. The molecule has 0 aromatic heterocycles. The minimum atomic E-state index is -0.175. The van der Waals surface area contributed by atoms with Gasteiger partial charge in [0.25, 0.3) is 0 Å². The Kier molecular flexibility index (Phi) is 6.01. The van der Waals surface area contributed by atoms with Crippen molar-refractivity contribution in [1.82, 2.24) is 4.90 Å². The first kappa shape index (κ1) is 14.0. The summed E-state index contributed by atoms with van der Waals surface area (Å²) in [6, 6.07) is 7.76. The highest BCUT2D eigenvalue weighted by Gasteiger charge is 2.06. The third-order valence-corrected chi connectivity index (χ3v) is 2.65. The molecule has 0 saturated heterocycles. The maximum atomic E-state index is 11.2. The first-order valence-corrected chi connectivity index (χ1v) is 6.08. The Morgan fingerprint density at radius 3 is 2.59 bits per heavy atom. The summed E-state index contributed by atoms with van der Waals surface area (Å²) >= 11 is 5.81. The van der Waals surface area contributed by atoms with Gasteiger partial charge in [-0.25, -0.2) is 0 Å². The van der Waals surface area contributed by atoms with Gasteiger partial charge in [-0.2, -0.15) is 0 Å². The second-order valence-electron chi connectivity index (χ2n) is 3.92. The lowest BCUT2D eigenvalue weighted by molar-refractivity contribution is -0.144. The molecular weight excluding hydrogens is 238 g/mol. The van der Waals surface area contributed by atoms with Crippen LogP contribution in [0.1, 0.15) is 12.5 Å². The van der Waals surface area contributed by atoms with E-state index in [0.717, 1.165) is 18.0 Å². The summed E-state index contributed by atoms with van der Waals surface area (Å²) < 4.78 is 4.88. The molecule has 4 heteroatoms. The van der Waals surface area contributed by atoms with Crippen LogP contribution >= 0.6 is 11.6 Å². The molecule has 0 amide bonds. The van der Waals surface area contributed by atoms with Crippen molar-refractivity contribution >= 4 is 17.6 Å². The van der Waals surface area contributed by atoms with Crippen molar-refractivity contribution in [2.45, 2.75) is 13.3 Å². The molecule has 0 unspecified atom stereocenters. The molecule has 0 aliphatic heterocycles. The van der Waals surface area contributed by atoms with Crippen LogP contribution in [-0.2, 0) is 16.0 Å². The summed E-state index contributed by atoms with van der Waals surface area (Å²) in [5.41, 5.74) is 1.21. The monoisotopic (exact) mass is 255 g/mol. The quantitative estimate of drug-likeness (QED) is 0.731. The lowest BCUT2D eigenvalue weighted by Gasteiger charge is -2.15. The van der Waals surface area contributed by atoms with E-state index in [-0.39, 0.29) is 5.97 Å². The Bertz CT molecular complexity index is 351. The summed E-state index contributed by atoms with van der Waals surface area (Å²) in [5.74, 6) is -0.175. The molecule has 0 saturated carbocycles.